The summed E-state index contributed by atoms with van der Waals surface area (Å²) in [6, 6.07) is 1.20. The van der Waals surface area contributed by atoms with E-state index in [0.29, 0.717) is 18.6 Å². The summed E-state index contributed by atoms with van der Waals surface area (Å²) in [6.07, 6.45) is 7.71. The van der Waals surface area contributed by atoms with Crippen LogP contribution in [0.3, 0.4) is 0 Å². The maximum atomic E-state index is 8.85. The predicted molar refractivity (Wildman–Crippen MR) is 70.8 cm³/mol. The molecule has 0 spiro atoms. The predicted octanol–water partition coefficient (Wildman–Crippen LogP) is 1.14. The first kappa shape index (κ1) is 13.5. The van der Waals surface area contributed by atoms with Crippen LogP contribution in [0.4, 0.5) is 0 Å². The van der Waals surface area contributed by atoms with Crippen LogP contribution in [-0.4, -0.2) is 38.6 Å². The number of aromatic nitrogens is 2. The molecule has 1 aliphatic rings. The molecule has 2 N–H and O–H groups in total. The number of aliphatic hydroxyl groups excluding tert-OH is 1. The molecule has 18 heavy (non-hydrogen) atoms. The van der Waals surface area contributed by atoms with Gasteiger partial charge in [-0.05, 0) is 26.7 Å². The molecule has 0 bridgehead atoms. The van der Waals surface area contributed by atoms with E-state index in [0.717, 1.165) is 12.1 Å². The van der Waals surface area contributed by atoms with E-state index in [1.807, 2.05) is 12.4 Å². The summed E-state index contributed by atoms with van der Waals surface area (Å²) in [4.78, 5) is 0. The van der Waals surface area contributed by atoms with E-state index in [1.54, 1.807) is 4.68 Å². The molecule has 1 saturated heterocycles. The van der Waals surface area contributed by atoms with Crippen LogP contribution in [0.5, 0.6) is 0 Å². The van der Waals surface area contributed by atoms with E-state index in [9.17, 15) is 0 Å². The van der Waals surface area contributed by atoms with Gasteiger partial charge in [0.2, 0.25) is 0 Å². The smallest absolute Gasteiger partial charge is 0.0640 e. The number of hydrogen-bond acceptors (Lipinski definition) is 4. The van der Waals surface area contributed by atoms with Gasteiger partial charge in [-0.1, -0.05) is 6.42 Å². The van der Waals surface area contributed by atoms with Crippen LogP contribution in [0.2, 0.25) is 0 Å². The highest BCUT2D eigenvalue weighted by atomic mass is 16.3. The molecule has 102 valence electrons. The van der Waals surface area contributed by atoms with Crippen LogP contribution in [-0.2, 0) is 13.1 Å². The standard InChI is InChI=1S/C13H24N4O/c1-11-4-3-5-12(2)17(11)15-9-13-8-14-16(10-13)6-7-18/h8,10-12,15,18H,3-7,9H2,1-2H3. The largest absolute Gasteiger partial charge is 0.394 e. The first-order valence-corrected chi connectivity index (χ1v) is 6.84. The van der Waals surface area contributed by atoms with Gasteiger partial charge >= 0.3 is 0 Å². The third-order valence-electron chi connectivity index (χ3n) is 3.68. The molecule has 1 aliphatic heterocycles. The van der Waals surface area contributed by atoms with Gasteiger partial charge in [0.15, 0.2) is 0 Å². The second-order valence-corrected chi connectivity index (χ2v) is 5.21. The molecule has 1 aromatic rings. The minimum atomic E-state index is 0.134. The third-order valence-corrected chi connectivity index (χ3v) is 3.68. The summed E-state index contributed by atoms with van der Waals surface area (Å²) in [6.45, 7) is 6.06. The molecular formula is C13H24N4O. The van der Waals surface area contributed by atoms with Crippen LogP contribution in [0.25, 0.3) is 0 Å². The van der Waals surface area contributed by atoms with Gasteiger partial charge in [-0.3, -0.25) is 10.1 Å². The molecule has 2 atom stereocenters. The number of hydrogen-bond donors (Lipinski definition) is 2. The van der Waals surface area contributed by atoms with Gasteiger partial charge in [0, 0.05) is 30.4 Å². The van der Waals surface area contributed by atoms with E-state index in [4.69, 9.17) is 5.11 Å². The van der Waals surface area contributed by atoms with Gasteiger partial charge < -0.3 is 5.11 Å². The van der Waals surface area contributed by atoms with Crippen molar-refractivity contribution in [2.24, 2.45) is 0 Å². The Balaban J connectivity index is 1.85. The van der Waals surface area contributed by atoms with Crippen molar-refractivity contribution in [1.29, 1.82) is 0 Å². The number of nitrogens with one attached hydrogen (secondary N) is 1. The van der Waals surface area contributed by atoms with E-state index in [1.165, 1.54) is 19.3 Å². The Labute approximate surface area is 109 Å². The molecule has 0 aromatic carbocycles. The van der Waals surface area contributed by atoms with Gasteiger partial charge in [0.05, 0.1) is 19.3 Å². The molecule has 0 aliphatic carbocycles. The third kappa shape index (κ3) is 3.31. The summed E-state index contributed by atoms with van der Waals surface area (Å²) >= 11 is 0. The summed E-state index contributed by atoms with van der Waals surface area (Å²) in [7, 11) is 0. The lowest BCUT2D eigenvalue weighted by Gasteiger charge is -2.39. The van der Waals surface area contributed by atoms with Crippen LogP contribution in [0.1, 0.15) is 38.7 Å². The molecular weight excluding hydrogens is 228 g/mol. The Morgan fingerprint density at radius 3 is 2.78 bits per heavy atom. The first-order chi connectivity index (χ1) is 8.70. The highest BCUT2D eigenvalue weighted by Crippen LogP contribution is 2.20. The van der Waals surface area contributed by atoms with E-state index < -0.39 is 0 Å². The molecule has 0 radical (unpaired) electrons. The summed E-state index contributed by atoms with van der Waals surface area (Å²) < 4.78 is 1.78. The highest BCUT2D eigenvalue weighted by Gasteiger charge is 2.24. The topological polar surface area (TPSA) is 53.3 Å². The molecule has 5 heteroatoms. The van der Waals surface area contributed by atoms with Crippen molar-refractivity contribution in [1.82, 2.24) is 20.2 Å². The fourth-order valence-corrected chi connectivity index (χ4v) is 2.64. The quantitative estimate of drug-likeness (QED) is 0.825. The molecule has 1 aromatic heterocycles. The Morgan fingerprint density at radius 2 is 2.11 bits per heavy atom. The average molecular weight is 252 g/mol. The molecule has 0 saturated carbocycles. The van der Waals surface area contributed by atoms with Gasteiger partial charge in [0.25, 0.3) is 0 Å². The zero-order valence-electron chi connectivity index (χ0n) is 11.3. The molecule has 0 amide bonds. The monoisotopic (exact) mass is 252 g/mol. The summed E-state index contributed by atoms with van der Waals surface area (Å²) in [5, 5.41) is 15.4. The summed E-state index contributed by atoms with van der Waals surface area (Å²) in [5.41, 5.74) is 4.67. The zero-order chi connectivity index (χ0) is 13.0. The highest BCUT2D eigenvalue weighted by molar-refractivity contribution is 5.03. The van der Waals surface area contributed by atoms with E-state index in [2.05, 4.69) is 29.4 Å². The van der Waals surface area contributed by atoms with Crippen molar-refractivity contribution < 1.29 is 5.11 Å². The fourth-order valence-electron chi connectivity index (χ4n) is 2.64. The Hall–Kier alpha value is -0.910. The Morgan fingerprint density at radius 1 is 1.39 bits per heavy atom. The maximum absolute atomic E-state index is 8.85. The van der Waals surface area contributed by atoms with Gasteiger partial charge in [-0.2, -0.15) is 5.10 Å². The lowest BCUT2D eigenvalue weighted by atomic mass is 10.00. The number of nitrogens with zero attached hydrogens (tertiary/aromatic N) is 3. The van der Waals surface area contributed by atoms with Crippen LogP contribution in [0.15, 0.2) is 12.4 Å². The van der Waals surface area contributed by atoms with Crippen molar-refractivity contribution in [3.8, 4) is 0 Å². The van der Waals surface area contributed by atoms with Crippen LogP contribution >= 0.6 is 0 Å². The SMILES string of the molecule is CC1CCCC(C)N1NCc1cnn(CCO)c1. The number of piperidine rings is 1. The molecule has 2 heterocycles. The maximum Gasteiger partial charge on any atom is 0.0640 e. The first-order valence-electron chi connectivity index (χ1n) is 6.84. The normalized spacial score (nSPS) is 25.5. The van der Waals surface area contributed by atoms with Crippen molar-refractivity contribution in [2.45, 2.75) is 58.3 Å². The van der Waals surface area contributed by atoms with Gasteiger partial charge in [-0.25, -0.2) is 5.01 Å². The second kappa shape index (κ2) is 6.31. The Bertz CT molecular complexity index is 356. The van der Waals surface area contributed by atoms with Gasteiger partial charge in [0.1, 0.15) is 0 Å². The second-order valence-electron chi connectivity index (χ2n) is 5.21. The van der Waals surface area contributed by atoms with Crippen molar-refractivity contribution >= 4 is 0 Å². The molecule has 5 nitrogen and oxygen atoms in total. The van der Waals surface area contributed by atoms with Crippen molar-refractivity contribution in [3.05, 3.63) is 18.0 Å². The Kier molecular flexibility index (Phi) is 4.74. The molecule has 1 fully saturated rings. The molecule has 2 rings (SSSR count). The minimum Gasteiger partial charge on any atom is -0.394 e. The average Bonchev–Trinajstić information content (AvgIpc) is 2.77. The fraction of sp³-hybridized carbons (Fsp3) is 0.769. The number of rotatable bonds is 5. The lowest BCUT2D eigenvalue weighted by molar-refractivity contribution is 0.0435. The van der Waals surface area contributed by atoms with E-state index in [-0.39, 0.29) is 6.61 Å². The molecule has 2 unspecified atom stereocenters. The summed E-state index contributed by atoms with van der Waals surface area (Å²) in [5.74, 6) is 0. The van der Waals surface area contributed by atoms with Crippen LogP contribution in [0, 0.1) is 0 Å². The van der Waals surface area contributed by atoms with Gasteiger partial charge in [-0.15, -0.1) is 0 Å². The lowest BCUT2D eigenvalue weighted by Crippen LogP contribution is -2.51. The van der Waals surface area contributed by atoms with E-state index >= 15 is 0 Å². The van der Waals surface area contributed by atoms with Crippen molar-refractivity contribution in [2.75, 3.05) is 6.61 Å². The minimum absolute atomic E-state index is 0.134. The number of aliphatic hydroxyl groups is 1. The zero-order valence-corrected chi connectivity index (χ0v) is 11.3. The van der Waals surface area contributed by atoms with Crippen molar-refractivity contribution in [3.63, 3.8) is 0 Å². The van der Waals surface area contributed by atoms with Crippen LogP contribution < -0.4 is 5.43 Å². The number of hydrazine groups is 1.